The van der Waals surface area contributed by atoms with Crippen molar-refractivity contribution in [3.05, 3.63) is 35.1 Å². The van der Waals surface area contributed by atoms with Gasteiger partial charge < -0.3 is 9.64 Å². The Morgan fingerprint density at radius 1 is 1.09 bits per heavy atom. The third-order valence-electron chi connectivity index (χ3n) is 4.25. The molecule has 2 aliphatic rings. The molecule has 0 saturated carbocycles. The van der Waals surface area contributed by atoms with Gasteiger partial charge in [0.05, 0.1) is 18.8 Å². The summed E-state index contributed by atoms with van der Waals surface area (Å²) in [4.78, 5) is 1.96. The fourth-order valence-corrected chi connectivity index (χ4v) is 3.18. The summed E-state index contributed by atoms with van der Waals surface area (Å²) in [6, 6.07) is 1.30. The predicted molar refractivity (Wildman–Crippen MR) is 73.3 cm³/mol. The van der Waals surface area contributed by atoms with Crippen molar-refractivity contribution in [2.45, 2.75) is 31.6 Å². The van der Waals surface area contributed by atoms with Gasteiger partial charge in [0.1, 0.15) is 17.5 Å². The number of tetrazole rings is 1. The van der Waals surface area contributed by atoms with Gasteiger partial charge in [-0.05, 0) is 23.3 Å². The van der Waals surface area contributed by atoms with E-state index in [1.165, 1.54) is 4.68 Å². The fourth-order valence-electron chi connectivity index (χ4n) is 3.18. The van der Waals surface area contributed by atoms with Gasteiger partial charge in [0.15, 0.2) is 0 Å². The van der Waals surface area contributed by atoms with Crippen molar-refractivity contribution in [1.29, 1.82) is 0 Å². The van der Waals surface area contributed by atoms with E-state index in [2.05, 4.69) is 15.5 Å². The summed E-state index contributed by atoms with van der Waals surface area (Å²) >= 11 is 0. The van der Waals surface area contributed by atoms with Gasteiger partial charge in [0.25, 0.3) is 0 Å². The molecule has 2 saturated heterocycles. The molecule has 2 fully saturated rings. The van der Waals surface area contributed by atoms with Gasteiger partial charge in [-0.2, -0.15) is 0 Å². The Hall–Kier alpha value is -2.16. The van der Waals surface area contributed by atoms with Crippen LogP contribution in [0.2, 0.25) is 0 Å². The van der Waals surface area contributed by atoms with Gasteiger partial charge in [-0.1, -0.05) is 5.10 Å². The van der Waals surface area contributed by atoms with Gasteiger partial charge >= 0.3 is 0 Å². The number of fused-ring (bicyclic) bond motifs is 2. The first-order chi connectivity index (χ1) is 11.1. The highest BCUT2D eigenvalue weighted by Crippen LogP contribution is 2.28. The Labute approximate surface area is 129 Å². The van der Waals surface area contributed by atoms with Crippen LogP contribution in [0.5, 0.6) is 0 Å². The molecule has 0 aliphatic carbocycles. The molecule has 122 valence electrons. The molecule has 9 heteroatoms. The number of nitrogens with zero attached hydrogens (tertiary/aromatic N) is 5. The summed E-state index contributed by atoms with van der Waals surface area (Å²) in [7, 11) is 0. The van der Waals surface area contributed by atoms with E-state index in [4.69, 9.17) is 4.74 Å². The van der Waals surface area contributed by atoms with E-state index < -0.39 is 17.5 Å². The number of aromatic nitrogens is 4. The lowest BCUT2D eigenvalue weighted by atomic mass is 10.2. The highest BCUT2D eigenvalue weighted by molar-refractivity contribution is 5.32. The molecule has 1 aromatic carbocycles. The van der Waals surface area contributed by atoms with Crippen LogP contribution in [0.4, 0.5) is 19.1 Å². The highest BCUT2D eigenvalue weighted by Gasteiger charge is 2.35. The molecule has 3 heterocycles. The molecule has 6 nitrogen and oxygen atoms in total. The fraction of sp³-hybridized carbons (Fsp3) is 0.500. The van der Waals surface area contributed by atoms with Crippen LogP contribution < -0.4 is 4.90 Å². The summed E-state index contributed by atoms with van der Waals surface area (Å²) in [6.45, 7) is 1.09. The van der Waals surface area contributed by atoms with E-state index in [1.807, 2.05) is 4.90 Å². The van der Waals surface area contributed by atoms with Crippen LogP contribution in [0.3, 0.4) is 0 Å². The Morgan fingerprint density at radius 3 is 2.39 bits per heavy atom. The first kappa shape index (κ1) is 14.4. The van der Waals surface area contributed by atoms with Gasteiger partial charge in [0.2, 0.25) is 5.95 Å². The quantitative estimate of drug-likeness (QED) is 0.856. The zero-order valence-corrected chi connectivity index (χ0v) is 12.1. The van der Waals surface area contributed by atoms with Crippen LogP contribution in [-0.4, -0.2) is 45.5 Å². The number of benzene rings is 1. The maximum Gasteiger partial charge on any atom is 0.246 e. The molecule has 2 aliphatic heterocycles. The molecular formula is C14H14F3N5O. The molecule has 2 unspecified atom stereocenters. The number of halogens is 3. The van der Waals surface area contributed by atoms with Crippen molar-refractivity contribution in [2.75, 3.05) is 18.0 Å². The molecule has 0 N–H and O–H groups in total. The number of rotatable bonds is 3. The van der Waals surface area contributed by atoms with Crippen LogP contribution in [0, 0.1) is 17.5 Å². The minimum atomic E-state index is -0.953. The van der Waals surface area contributed by atoms with Crippen LogP contribution in [0.1, 0.15) is 18.4 Å². The minimum Gasteiger partial charge on any atom is -0.371 e. The molecule has 2 bridgehead atoms. The lowest BCUT2D eigenvalue weighted by molar-refractivity contribution is 0.0296. The normalized spacial score (nSPS) is 23.5. The Morgan fingerprint density at radius 2 is 1.74 bits per heavy atom. The summed E-state index contributed by atoms with van der Waals surface area (Å²) < 4.78 is 47.7. The van der Waals surface area contributed by atoms with Gasteiger partial charge in [0, 0.05) is 30.8 Å². The molecule has 2 atom stereocenters. The number of anilines is 1. The molecular weight excluding hydrogens is 311 g/mol. The third kappa shape index (κ3) is 2.65. The largest absolute Gasteiger partial charge is 0.371 e. The average Bonchev–Trinajstić information content (AvgIpc) is 3.09. The summed E-state index contributed by atoms with van der Waals surface area (Å²) in [5.41, 5.74) is -0.267. The maximum atomic E-state index is 13.8. The van der Waals surface area contributed by atoms with Gasteiger partial charge in [-0.3, -0.25) is 0 Å². The summed E-state index contributed by atoms with van der Waals surface area (Å²) in [5, 5.41) is 11.4. The predicted octanol–water partition coefficient (Wildman–Crippen LogP) is 1.51. The summed E-state index contributed by atoms with van der Waals surface area (Å²) in [5.74, 6) is -2.42. The first-order valence-corrected chi connectivity index (χ1v) is 7.40. The number of hydrogen-bond acceptors (Lipinski definition) is 5. The second-order valence-electron chi connectivity index (χ2n) is 5.85. The van der Waals surface area contributed by atoms with Crippen LogP contribution in [0.15, 0.2) is 12.1 Å². The van der Waals surface area contributed by atoms with Crippen molar-refractivity contribution in [3.8, 4) is 0 Å². The summed E-state index contributed by atoms with van der Waals surface area (Å²) in [6.07, 6.45) is 2.25. The Balaban J connectivity index is 1.61. The maximum absolute atomic E-state index is 13.8. The van der Waals surface area contributed by atoms with E-state index in [1.54, 1.807) is 0 Å². The van der Waals surface area contributed by atoms with Gasteiger partial charge in [-0.15, -0.1) is 0 Å². The average molecular weight is 325 g/mol. The molecule has 4 rings (SSSR count). The van der Waals surface area contributed by atoms with E-state index in [9.17, 15) is 13.2 Å². The minimum absolute atomic E-state index is 0.137. The van der Waals surface area contributed by atoms with Crippen LogP contribution in [-0.2, 0) is 11.3 Å². The SMILES string of the molecule is Fc1cc(F)c(Cn2nnnc2N2CC3CCC(C2)O3)c(F)c1. The van der Waals surface area contributed by atoms with E-state index >= 15 is 0 Å². The van der Waals surface area contributed by atoms with Crippen molar-refractivity contribution in [2.24, 2.45) is 0 Å². The number of morpholine rings is 1. The number of hydrogen-bond donors (Lipinski definition) is 0. The van der Waals surface area contributed by atoms with E-state index in [-0.39, 0.29) is 24.3 Å². The standard InChI is InChI=1S/C14H14F3N5O/c15-8-3-12(16)11(13(17)4-8)7-22-14(18-19-20-22)21-5-9-1-2-10(6-21)23-9/h3-4,9-10H,1-2,5-7H2. The highest BCUT2D eigenvalue weighted by atomic mass is 19.1. The smallest absolute Gasteiger partial charge is 0.246 e. The van der Waals surface area contributed by atoms with Crippen molar-refractivity contribution in [3.63, 3.8) is 0 Å². The second-order valence-corrected chi connectivity index (χ2v) is 5.85. The van der Waals surface area contributed by atoms with Crippen LogP contribution in [0.25, 0.3) is 0 Å². The number of ether oxygens (including phenoxy) is 1. The second kappa shape index (κ2) is 5.48. The first-order valence-electron chi connectivity index (χ1n) is 7.40. The zero-order chi connectivity index (χ0) is 16.0. The van der Waals surface area contributed by atoms with Crippen LogP contribution >= 0.6 is 0 Å². The molecule has 0 radical (unpaired) electrons. The molecule has 0 amide bonds. The van der Waals surface area contributed by atoms with Crippen molar-refractivity contribution in [1.82, 2.24) is 20.2 Å². The molecule has 23 heavy (non-hydrogen) atoms. The van der Waals surface area contributed by atoms with Crippen molar-refractivity contribution < 1.29 is 17.9 Å². The van der Waals surface area contributed by atoms with E-state index in [0.717, 1.165) is 12.8 Å². The monoisotopic (exact) mass is 325 g/mol. The van der Waals surface area contributed by atoms with Gasteiger partial charge in [-0.25, -0.2) is 17.9 Å². The lowest BCUT2D eigenvalue weighted by Gasteiger charge is -2.32. The Kier molecular flexibility index (Phi) is 3.44. The zero-order valence-electron chi connectivity index (χ0n) is 12.1. The molecule has 0 spiro atoms. The Bertz CT molecular complexity index is 702. The molecule has 2 aromatic rings. The molecule has 1 aromatic heterocycles. The topological polar surface area (TPSA) is 56.1 Å². The lowest BCUT2D eigenvalue weighted by Crippen LogP contribution is -2.44. The van der Waals surface area contributed by atoms with E-state index in [0.29, 0.717) is 31.2 Å². The van der Waals surface area contributed by atoms with Crippen molar-refractivity contribution >= 4 is 5.95 Å². The third-order valence-corrected chi connectivity index (χ3v) is 4.25.